The number of para-hydroxylation sites is 1. The SMILES string of the molecule is C[C@H](OC(=O)c1cc(-c2ccco2)nc2ccccc12)C(=O)Nc1ccc(F)c(F)c1F. The van der Waals surface area contributed by atoms with Crippen molar-refractivity contribution in [1.82, 2.24) is 4.98 Å². The van der Waals surface area contributed by atoms with Gasteiger partial charge >= 0.3 is 5.97 Å². The van der Waals surface area contributed by atoms with Gasteiger partial charge in [0.15, 0.2) is 29.3 Å². The molecule has 32 heavy (non-hydrogen) atoms. The number of pyridine rings is 1. The molecule has 0 saturated heterocycles. The summed E-state index contributed by atoms with van der Waals surface area (Å²) in [4.78, 5) is 29.7. The lowest BCUT2D eigenvalue weighted by atomic mass is 10.1. The van der Waals surface area contributed by atoms with E-state index in [-0.39, 0.29) is 5.56 Å². The van der Waals surface area contributed by atoms with Crippen molar-refractivity contribution in [3.05, 3.63) is 83.9 Å². The highest BCUT2D eigenvalue weighted by atomic mass is 19.2. The topological polar surface area (TPSA) is 81.4 Å². The van der Waals surface area contributed by atoms with Crippen LogP contribution in [-0.2, 0) is 9.53 Å². The number of ether oxygens (including phenoxy) is 1. The van der Waals surface area contributed by atoms with E-state index in [2.05, 4.69) is 10.3 Å². The summed E-state index contributed by atoms with van der Waals surface area (Å²) >= 11 is 0. The molecule has 2 aromatic carbocycles. The fourth-order valence-electron chi connectivity index (χ4n) is 3.03. The van der Waals surface area contributed by atoms with Crippen molar-refractivity contribution in [3.8, 4) is 11.5 Å². The minimum atomic E-state index is -1.72. The molecule has 0 aliphatic carbocycles. The number of fused-ring (bicyclic) bond motifs is 1. The zero-order valence-electron chi connectivity index (χ0n) is 16.6. The van der Waals surface area contributed by atoms with Crippen molar-refractivity contribution in [3.63, 3.8) is 0 Å². The number of anilines is 1. The molecule has 4 rings (SSSR count). The molecular formula is C23H15F3N2O4. The average molecular weight is 440 g/mol. The molecule has 9 heteroatoms. The molecule has 4 aromatic rings. The van der Waals surface area contributed by atoms with Crippen LogP contribution in [0, 0.1) is 17.5 Å². The van der Waals surface area contributed by atoms with Crippen molar-refractivity contribution in [2.24, 2.45) is 0 Å². The van der Waals surface area contributed by atoms with Crippen LogP contribution in [0.2, 0.25) is 0 Å². The third-order valence-electron chi connectivity index (χ3n) is 4.66. The first-order chi connectivity index (χ1) is 15.3. The van der Waals surface area contributed by atoms with Gasteiger partial charge in [-0.25, -0.2) is 22.9 Å². The van der Waals surface area contributed by atoms with Gasteiger partial charge in [0.25, 0.3) is 5.91 Å². The summed E-state index contributed by atoms with van der Waals surface area (Å²) in [6.45, 7) is 1.27. The number of aromatic nitrogens is 1. The van der Waals surface area contributed by atoms with E-state index in [9.17, 15) is 22.8 Å². The van der Waals surface area contributed by atoms with Gasteiger partial charge in [-0.1, -0.05) is 18.2 Å². The van der Waals surface area contributed by atoms with Crippen molar-refractivity contribution >= 4 is 28.5 Å². The molecule has 0 unspecified atom stereocenters. The Morgan fingerprint density at radius 3 is 2.56 bits per heavy atom. The molecule has 1 N–H and O–H groups in total. The third-order valence-corrected chi connectivity index (χ3v) is 4.66. The Morgan fingerprint density at radius 2 is 1.81 bits per heavy atom. The first kappa shape index (κ1) is 21.1. The average Bonchev–Trinajstić information content (AvgIpc) is 3.33. The van der Waals surface area contributed by atoms with Crippen LogP contribution in [0.25, 0.3) is 22.4 Å². The number of rotatable bonds is 5. The molecular weight excluding hydrogens is 425 g/mol. The zero-order valence-corrected chi connectivity index (χ0v) is 16.6. The number of furan rings is 1. The predicted octanol–water partition coefficient (Wildman–Crippen LogP) is 5.10. The number of amides is 1. The largest absolute Gasteiger partial charge is 0.463 e. The predicted molar refractivity (Wildman–Crippen MR) is 109 cm³/mol. The van der Waals surface area contributed by atoms with Crippen molar-refractivity contribution in [2.45, 2.75) is 13.0 Å². The molecule has 0 spiro atoms. The van der Waals surface area contributed by atoms with E-state index in [4.69, 9.17) is 9.15 Å². The van der Waals surface area contributed by atoms with Crippen LogP contribution in [0.4, 0.5) is 18.9 Å². The third kappa shape index (κ3) is 4.04. The Morgan fingerprint density at radius 1 is 1.03 bits per heavy atom. The highest BCUT2D eigenvalue weighted by Crippen LogP contribution is 2.26. The molecule has 0 bridgehead atoms. The van der Waals surface area contributed by atoms with E-state index in [0.29, 0.717) is 28.4 Å². The highest BCUT2D eigenvalue weighted by Gasteiger charge is 2.24. The lowest BCUT2D eigenvalue weighted by Crippen LogP contribution is -2.30. The quantitative estimate of drug-likeness (QED) is 0.345. The van der Waals surface area contributed by atoms with Crippen molar-refractivity contribution < 1.29 is 31.9 Å². The van der Waals surface area contributed by atoms with Gasteiger partial charge in [-0.05, 0) is 43.3 Å². The number of nitrogens with zero attached hydrogens (tertiary/aromatic N) is 1. The Hall–Kier alpha value is -4.14. The molecule has 1 atom stereocenters. The molecule has 0 aliphatic heterocycles. The number of hydrogen-bond acceptors (Lipinski definition) is 5. The van der Waals surface area contributed by atoms with E-state index in [1.807, 2.05) is 0 Å². The lowest BCUT2D eigenvalue weighted by Gasteiger charge is -2.15. The molecule has 0 aliphatic rings. The van der Waals surface area contributed by atoms with Crippen LogP contribution >= 0.6 is 0 Å². The van der Waals surface area contributed by atoms with Crippen LogP contribution in [0.5, 0.6) is 0 Å². The number of carbonyl (C=O) groups excluding carboxylic acids is 2. The van der Waals surface area contributed by atoms with E-state index in [1.54, 1.807) is 36.4 Å². The van der Waals surface area contributed by atoms with E-state index < -0.39 is 41.1 Å². The number of hydrogen-bond donors (Lipinski definition) is 1. The van der Waals surface area contributed by atoms with Gasteiger partial charge in [0.1, 0.15) is 5.69 Å². The second-order valence-electron chi connectivity index (χ2n) is 6.81. The van der Waals surface area contributed by atoms with Crippen molar-refractivity contribution in [2.75, 3.05) is 5.32 Å². The fourth-order valence-corrected chi connectivity index (χ4v) is 3.03. The zero-order chi connectivity index (χ0) is 22.8. The van der Waals surface area contributed by atoms with Gasteiger partial charge in [0.05, 0.1) is 23.0 Å². The first-order valence-electron chi connectivity index (χ1n) is 9.44. The summed E-state index contributed by atoms with van der Waals surface area (Å²) in [5.41, 5.74) is 0.461. The van der Waals surface area contributed by atoms with Gasteiger partial charge in [-0.3, -0.25) is 4.79 Å². The summed E-state index contributed by atoms with van der Waals surface area (Å²) in [7, 11) is 0. The molecule has 162 valence electrons. The maximum atomic E-state index is 13.8. The lowest BCUT2D eigenvalue weighted by molar-refractivity contribution is -0.123. The summed E-state index contributed by atoms with van der Waals surface area (Å²) in [5, 5.41) is 2.57. The van der Waals surface area contributed by atoms with Crippen LogP contribution in [0.15, 0.2) is 65.3 Å². The highest BCUT2D eigenvalue weighted by molar-refractivity contribution is 6.05. The Kier molecular flexibility index (Phi) is 5.63. The standard InChI is InChI=1S/C23H15F3N2O4/c1-12(22(29)28-17-9-8-15(24)20(25)21(17)26)32-23(30)14-11-18(19-7-4-10-31-19)27-16-6-3-2-5-13(14)16/h2-12H,1H3,(H,28,29)/t12-/m0/s1. The van der Waals surface area contributed by atoms with Crippen LogP contribution in [0.3, 0.4) is 0 Å². The molecule has 0 radical (unpaired) electrons. The summed E-state index contributed by atoms with van der Waals surface area (Å²) in [6.07, 6.45) is 0.0996. The van der Waals surface area contributed by atoms with Gasteiger partial charge in [0, 0.05) is 5.39 Å². The summed E-state index contributed by atoms with van der Waals surface area (Å²) in [5.74, 6) is -5.99. The Labute approximate surface area is 179 Å². The Balaban J connectivity index is 1.58. The molecule has 0 saturated carbocycles. The normalized spacial score (nSPS) is 11.9. The van der Waals surface area contributed by atoms with Gasteiger partial charge < -0.3 is 14.5 Å². The minimum absolute atomic E-state index is 0.139. The van der Waals surface area contributed by atoms with E-state index >= 15 is 0 Å². The summed E-state index contributed by atoms with van der Waals surface area (Å²) < 4.78 is 50.9. The monoisotopic (exact) mass is 440 g/mol. The fraction of sp³-hybridized carbons (Fsp3) is 0.0870. The van der Waals surface area contributed by atoms with Gasteiger partial charge in [-0.15, -0.1) is 0 Å². The molecule has 6 nitrogen and oxygen atoms in total. The van der Waals surface area contributed by atoms with Crippen LogP contribution < -0.4 is 5.32 Å². The second kappa shape index (κ2) is 8.54. The molecule has 0 fully saturated rings. The number of halogens is 3. The van der Waals surface area contributed by atoms with Gasteiger partial charge in [-0.2, -0.15) is 0 Å². The minimum Gasteiger partial charge on any atom is -0.463 e. The van der Waals surface area contributed by atoms with Crippen LogP contribution in [-0.4, -0.2) is 23.0 Å². The number of nitrogens with one attached hydrogen (secondary N) is 1. The van der Waals surface area contributed by atoms with E-state index in [1.165, 1.54) is 19.3 Å². The van der Waals surface area contributed by atoms with Crippen molar-refractivity contribution in [1.29, 1.82) is 0 Å². The number of esters is 1. The summed E-state index contributed by atoms with van der Waals surface area (Å²) in [6, 6.07) is 13.2. The van der Waals surface area contributed by atoms with Gasteiger partial charge in [0.2, 0.25) is 0 Å². The van der Waals surface area contributed by atoms with E-state index in [0.717, 1.165) is 6.07 Å². The van der Waals surface area contributed by atoms with Crippen LogP contribution in [0.1, 0.15) is 17.3 Å². The molecule has 1 amide bonds. The molecule has 2 heterocycles. The smallest absolute Gasteiger partial charge is 0.339 e. The maximum absolute atomic E-state index is 13.8. The Bertz CT molecular complexity index is 1320. The number of benzene rings is 2. The first-order valence-corrected chi connectivity index (χ1v) is 9.44. The maximum Gasteiger partial charge on any atom is 0.339 e. The molecule has 2 aromatic heterocycles. The number of carbonyl (C=O) groups is 2. The second-order valence-corrected chi connectivity index (χ2v) is 6.81.